The van der Waals surface area contributed by atoms with Gasteiger partial charge in [0.15, 0.2) is 9.79 Å². The predicted octanol–water partition coefficient (Wildman–Crippen LogP) is 6.48. The largest absolute Gasteiger partial charge is 0.673 e. The average Bonchev–Trinajstić information content (AvgIpc) is 2.49. The van der Waals surface area contributed by atoms with E-state index >= 15 is 0 Å². The van der Waals surface area contributed by atoms with Gasteiger partial charge in [-0.05, 0) is 62.6 Å². The van der Waals surface area contributed by atoms with Crippen molar-refractivity contribution in [1.29, 1.82) is 0 Å². The summed E-state index contributed by atoms with van der Waals surface area (Å²) in [6, 6.07) is 11.0. The first-order valence-corrected chi connectivity index (χ1v) is 8.73. The molecule has 0 saturated carbocycles. The molecule has 0 fully saturated rings. The second-order valence-corrected chi connectivity index (χ2v) is 7.42. The first-order chi connectivity index (χ1) is 11.4. The summed E-state index contributed by atoms with van der Waals surface area (Å²) in [5.41, 5.74) is 4.38. The number of halogens is 6. The topological polar surface area (TPSA) is 0 Å². The Morgan fingerprint density at radius 3 is 1.72 bits per heavy atom. The van der Waals surface area contributed by atoms with E-state index in [1.165, 1.54) is 5.56 Å². The zero-order valence-corrected chi connectivity index (χ0v) is 15.1. The van der Waals surface area contributed by atoms with Crippen LogP contribution >= 0.6 is 0 Å². The minimum Gasteiger partial charge on any atom is -0.418 e. The molecule has 1 unspecified atom stereocenters. The van der Waals surface area contributed by atoms with Gasteiger partial charge in [-0.15, -0.1) is 0 Å². The quantitative estimate of drug-likeness (QED) is 0.325. The molecular weight excluding hydrogens is 361 g/mol. The van der Waals surface area contributed by atoms with Crippen LogP contribution in [0.2, 0.25) is 0 Å². The Hall–Kier alpha value is -1.57. The number of benzene rings is 2. The van der Waals surface area contributed by atoms with Gasteiger partial charge in [-0.3, -0.25) is 0 Å². The number of hydrogen-bond acceptors (Lipinski definition) is 0. The Kier molecular flexibility index (Phi) is 7.47. The van der Waals surface area contributed by atoms with Gasteiger partial charge in [0.2, 0.25) is 0 Å². The molecule has 0 amide bonds. The van der Waals surface area contributed by atoms with Crippen LogP contribution in [0.15, 0.2) is 46.2 Å². The second-order valence-electron chi connectivity index (χ2n) is 5.47. The molecule has 0 spiro atoms. The fourth-order valence-corrected chi connectivity index (χ4v) is 4.18. The molecule has 25 heavy (non-hydrogen) atoms. The molecule has 0 heterocycles. The monoisotopic (exact) mass is 380 g/mol. The van der Waals surface area contributed by atoms with Crippen LogP contribution in [-0.2, 0) is 10.9 Å². The molecule has 0 aliphatic heterocycles. The highest BCUT2D eigenvalue weighted by Gasteiger charge is 2.38. The minimum absolute atomic E-state index is 0.702. The van der Waals surface area contributed by atoms with Crippen LogP contribution in [0.5, 0.6) is 0 Å². The van der Waals surface area contributed by atoms with Crippen molar-refractivity contribution in [3.05, 3.63) is 58.7 Å². The average molecular weight is 380 g/mol. The normalized spacial score (nSPS) is 12.6. The molecule has 8 heteroatoms. The van der Waals surface area contributed by atoms with Crippen molar-refractivity contribution < 1.29 is 26.0 Å². The Balaban J connectivity index is 0.000000550. The number of aryl methyl sites for hydroxylation is 1. The van der Waals surface area contributed by atoms with Crippen LogP contribution in [0.25, 0.3) is 0 Å². The summed E-state index contributed by atoms with van der Waals surface area (Å²) in [5.74, 6) is -2.38. The summed E-state index contributed by atoms with van der Waals surface area (Å²) in [6.45, 7) is 8.00. The standard InChI is InChI=1S/C17H19F2S.BF4/c1-11-10-16(14(4)13(3)12(11)2)20(17(18)19)15-8-6-5-7-9-15;2-1(3,4)5/h5-10,17H,1-4H3;/q+1;-1. The fourth-order valence-electron chi connectivity index (χ4n) is 2.30. The van der Waals surface area contributed by atoms with Crippen molar-refractivity contribution in [2.24, 2.45) is 0 Å². The molecule has 0 nitrogen and oxygen atoms in total. The van der Waals surface area contributed by atoms with Gasteiger partial charge in [-0.2, -0.15) is 8.78 Å². The van der Waals surface area contributed by atoms with Gasteiger partial charge < -0.3 is 17.3 Å². The summed E-state index contributed by atoms with van der Waals surface area (Å²) < 4.78 is 66.3. The molecular formula is C17H19BF6S. The van der Waals surface area contributed by atoms with Crippen molar-refractivity contribution in [2.45, 2.75) is 43.2 Å². The Morgan fingerprint density at radius 2 is 1.28 bits per heavy atom. The van der Waals surface area contributed by atoms with Gasteiger partial charge in [0.05, 0.1) is 0 Å². The maximum Gasteiger partial charge on any atom is 0.673 e. The summed E-state index contributed by atoms with van der Waals surface area (Å²) >= 11 is 0. The van der Waals surface area contributed by atoms with E-state index in [1.807, 2.05) is 52.0 Å². The second kappa shape index (κ2) is 8.69. The molecule has 1 atom stereocenters. The van der Waals surface area contributed by atoms with Crippen LogP contribution in [0, 0.1) is 27.7 Å². The first-order valence-electron chi connectivity index (χ1n) is 7.44. The smallest absolute Gasteiger partial charge is 0.418 e. The van der Waals surface area contributed by atoms with Gasteiger partial charge in [-0.1, -0.05) is 18.2 Å². The third-order valence-electron chi connectivity index (χ3n) is 3.85. The Morgan fingerprint density at radius 1 is 0.800 bits per heavy atom. The third kappa shape index (κ3) is 6.34. The molecule has 0 saturated heterocycles. The minimum atomic E-state index is -6.00. The van der Waals surface area contributed by atoms with Crippen molar-refractivity contribution in [1.82, 2.24) is 0 Å². The maximum atomic E-state index is 13.6. The van der Waals surface area contributed by atoms with E-state index in [2.05, 4.69) is 0 Å². The van der Waals surface area contributed by atoms with E-state index in [1.54, 1.807) is 12.1 Å². The van der Waals surface area contributed by atoms with Crippen LogP contribution in [0.1, 0.15) is 22.3 Å². The van der Waals surface area contributed by atoms with Crippen LogP contribution in [-0.4, -0.2) is 13.0 Å². The van der Waals surface area contributed by atoms with Crippen LogP contribution in [0.3, 0.4) is 0 Å². The van der Waals surface area contributed by atoms with Crippen molar-refractivity contribution in [3.63, 3.8) is 0 Å². The lowest BCUT2D eigenvalue weighted by molar-refractivity contribution is 0.247. The van der Waals surface area contributed by atoms with E-state index in [-0.39, 0.29) is 0 Å². The molecule has 0 aromatic heterocycles. The van der Waals surface area contributed by atoms with Crippen molar-refractivity contribution in [3.8, 4) is 0 Å². The highest BCUT2D eigenvalue weighted by Crippen LogP contribution is 2.34. The van der Waals surface area contributed by atoms with Crippen molar-refractivity contribution >= 4 is 18.1 Å². The molecule has 0 aliphatic carbocycles. The van der Waals surface area contributed by atoms with E-state index in [0.717, 1.165) is 21.6 Å². The van der Waals surface area contributed by atoms with Crippen LogP contribution < -0.4 is 0 Å². The van der Waals surface area contributed by atoms with E-state index in [4.69, 9.17) is 0 Å². The Labute approximate surface area is 146 Å². The molecule has 0 N–H and O–H groups in total. The molecule has 0 aliphatic rings. The van der Waals surface area contributed by atoms with Crippen molar-refractivity contribution in [2.75, 3.05) is 0 Å². The van der Waals surface area contributed by atoms with E-state index in [0.29, 0.717) is 4.90 Å². The van der Waals surface area contributed by atoms with E-state index < -0.39 is 23.9 Å². The molecule has 0 bridgehead atoms. The summed E-state index contributed by atoms with van der Waals surface area (Å²) in [6.07, 6.45) is 0. The molecule has 2 aromatic rings. The molecule has 2 rings (SSSR count). The summed E-state index contributed by atoms with van der Waals surface area (Å²) in [5, 5.41) is 0. The van der Waals surface area contributed by atoms with Gasteiger partial charge >= 0.3 is 13.0 Å². The number of alkyl halides is 2. The zero-order valence-electron chi connectivity index (χ0n) is 14.3. The fraction of sp³-hybridized carbons (Fsp3) is 0.294. The lowest BCUT2D eigenvalue weighted by Crippen LogP contribution is -2.16. The van der Waals surface area contributed by atoms with Gasteiger partial charge in [0.25, 0.3) is 0 Å². The molecule has 138 valence electrons. The number of hydrogen-bond donors (Lipinski definition) is 0. The van der Waals surface area contributed by atoms with Gasteiger partial charge in [0, 0.05) is 5.56 Å². The first kappa shape index (κ1) is 21.5. The highest BCUT2D eigenvalue weighted by atomic mass is 32.2. The Bertz CT molecular complexity index is 695. The van der Waals surface area contributed by atoms with Gasteiger partial charge in [0.1, 0.15) is 10.9 Å². The maximum absolute atomic E-state index is 13.6. The number of rotatable bonds is 3. The molecule has 0 radical (unpaired) electrons. The zero-order chi connectivity index (χ0) is 19.4. The summed E-state index contributed by atoms with van der Waals surface area (Å²) in [7, 11) is -7.18. The highest BCUT2D eigenvalue weighted by molar-refractivity contribution is 7.97. The lowest BCUT2D eigenvalue weighted by Gasteiger charge is -2.14. The van der Waals surface area contributed by atoms with Crippen LogP contribution in [0.4, 0.5) is 26.0 Å². The van der Waals surface area contributed by atoms with E-state index in [9.17, 15) is 26.0 Å². The third-order valence-corrected chi connectivity index (χ3v) is 5.88. The lowest BCUT2D eigenvalue weighted by atomic mass is 10.00. The summed E-state index contributed by atoms with van der Waals surface area (Å²) in [4.78, 5) is 1.47. The molecule has 2 aromatic carbocycles. The predicted molar refractivity (Wildman–Crippen MR) is 91.9 cm³/mol. The SMILES string of the molecule is Cc1cc([S+](c2ccccc2)C(F)F)c(C)c(C)c1C.F[B-](F)(F)F. The van der Waals surface area contributed by atoms with Gasteiger partial charge in [-0.25, -0.2) is 0 Å².